The van der Waals surface area contributed by atoms with Crippen LogP contribution in [0.4, 0.5) is 5.69 Å². The van der Waals surface area contributed by atoms with Gasteiger partial charge in [-0.3, -0.25) is 9.78 Å². The number of aryl methyl sites for hydroxylation is 3. The summed E-state index contributed by atoms with van der Waals surface area (Å²) in [5, 5.41) is 7.21. The highest BCUT2D eigenvalue weighted by Crippen LogP contribution is 2.41. The SMILES string of the molecule is Cc1ccccc1NC(=O)CCN1C(=S)N[C@H](c2ccccn2)[C@H]1c1cc(C)n(-c2cccc(C)c2C)c1C. The third-order valence-corrected chi connectivity index (χ3v) is 8.15. The number of aromatic nitrogens is 2. The van der Waals surface area contributed by atoms with E-state index in [-0.39, 0.29) is 18.0 Å². The van der Waals surface area contributed by atoms with Crippen LogP contribution >= 0.6 is 12.2 Å². The van der Waals surface area contributed by atoms with Gasteiger partial charge in [0, 0.05) is 41.9 Å². The minimum Gasteiger partial charge on any atom is -0.352 e. The molecule has 0 saturated carbocycles. The lowest BCUT2D eigenvalue weighted by atomic mass is 9.96. The zero-order valence-corrected chi connectivity index (χ0v) is 24.0. The van der Waals surface area contributed by atoms with Crippen LogP contribution in [0.15, 0.2) is 72.9 Å². The van der Waals surface area contributed by atoms with Gasteiger partial charge in [-0.15, -0.1) is 0 Å². The Hall–Kier alpha value is -3.97. The van der Waals surface area contributed by atoms with Gasteiger partial charge in [0.2, 0.25) is 5.91 Å². The van der Waals surface area contributed by atoms with Crippen LogP contribution in [0.25, 0.3) is 5.69 Å². The van der Waals surface area contributed by atoms with Gasteiger partial charge in [-0.25, -0.2) is 0 Å². The number of para-hydroxylation sites is 1. The number of pyridine rings is 1. The van der Waals surface area contributed by atoms with Crippen LogP contribution in [0.1, 0.15) is 57.8 Å². The van der Waals surface area contributed by atoms with Gasteiger partial charge in [-0.05, 0) is 99.4 Å². The summed E-state index contributed by atoms with van der Waals surface area (Å²) in [7, 11) is 0. The molecule has 2 aromatic carbocycles. The van der Waals surface area contributed by atoms with Crippen molar-refractivity contribution in [1.29, 1.82) is 0 Å². The lowest BCUT2D eigenvalue weighted by molar-refractivity contribution is -0.116. The van der Waals surface area contributed by atoms with Crippen LogP contribution in [-0.2, 0) is 4.79 Å². The molecule has 1 amide bonds. The zero-order valence-electron chi connectivity index (χ0n) is 23.2. The lowest BCUT2D eigenvalue weighted by Gasteiger charge is -2.28. The smallest absolute Gasteiger partial charge is 0.226 e. The van der Waals surface area contributed by atoms with E-state index in [0.717, 1.165) is 28.3 Å². The molecule has 2 aromatic heterocycles. The average molecular weight is 538 g/mol. The summed E-state index contributed by atoms with van der Waals surface area (Å²) in [4.78, 5) is 19.8. The predicted octanol–water partition coefficient (Wildman–Crippen LogP) is 6.42. The fourth-order valence-corrected chi connectivity index (χ4v) is 5.90. The van der Waals surface area contributed by atoms with Gasteiger partial charge in [0.25, 0.3) is 0 Å². The fourth-order valence-electron chi connectivity index (χ4n) is 5.57. The normalized spacial score (nSPS) is 16.8. The standard InChI is InChI=1S/C32H35N5OS/c1-20-12-10-15-28(23(20)4)37-22(3)19-25(24(37)5)31-30(27-14-8-9-17-33-27)35-32(39)36(31)18-16-29(38)34-26-13-7-6-11-21(26)2/h6-15,17,19,30-31H,16,18H2,1-5H3,(H,34,38)(H,35,39)/t30-,31-/m1/s1. The van der Waals surface area contributed by atoms with Crippen molar-refractivity contribution in [2.75, 3.05) is 11.9 Å². The first-order valence-corrected chi connectivity index (χ1v) is 13.8. The number of nitrogens with one attached hydrogen (secondary N) is 2. The molecular formula is C32H35N5OS. The van der Waals surface area contributed by atoms with Crippen LogP contribution in [0.2, 0.25) is 0 Å². The van der Waals surface area contributed by atoms with E-state index in [1.807, 2.05) is 55.6 Å². The average Bonchev–Trinajstić information content (AvgIpc) is 3.40. The van der Waals surface area contributed by atoms with Crippen LogP contribution in [0.3, 0.4) is 0 Å². The molecule has 1 saturated heterocycles. The Morgan fingerprint density at radius 1 is 0.974 bits per heavy atom. The molecule has 1 aliphatic heterocycles. The third kappa shape index (κ3) is 5.19. The summed E-state index contributed by atoms with van der Waals surface area (Å²) < 4.78 is 2.33. The number of nitrogens with zero attached hydrogens (tertiary/aromatic N) is 3. The first-order valence-electron chi connectivity index (χ1n) is 13.3. The second-order valence-electron chi connectivity index (χ2n) is 10.3. The van der Waals surface area contributed by atoms with Crippen molar-refractivity contribution in [2.45, 2.75) is 53.1 Å². The largest absolute Gasteiger partial charge is 0.352 e. The third-order valence-electron chi connectivity index (χ3n) is 7.80. The number of benzene rings is 2. The summed E-state index contributed by atoms with van der Waals surface area (Å²) in [6.07, 6.45) is 2.13. The molecule has 4 aromatic rings. The molecule has 3 heterocycles. The second kappa shape index (κ2) is 11.0. The maximum atomic E-state index is 13.0. The molecular weight excluding hydrogens is 502 g/mol. The van der Waals surface area contributed by atoms with Crippen molar-refractivity contribution >= 4 is 28.9 Å². The van der Waals surface area contributed by atoms with E-state index >= 15 is 0 Å². The maximum absolute atomic E-state index is 13.0. The molecule has 200 valence electrons. The number of rotatable bonds is 7. The molecule has 0 bridgehead atoms. The quantitative estimate of drug-likeness (QED) is 0.267. The van der Waals surface area contributed by atoms with E-state index in [1.54, 1.807) is 0 Å². The van der Waals surface area contributed by atoms with E-state index in [4.69, 9.17) is 12.2 Å². The number of hydrogen-bond donors (Lipinski definition) is 2. The Bertz CT molecular complexity index is 1530. The van der Waals surface area contributed by atoms with Crippen LogP contribution in [-0.4, -0.2) is 32.0 Å². The van der Waals surface area contributed by atoms with Crippen molar-refractivity contribution < 1.29 is 4.79 Å². The summed E-state index contributed by atoms with van der Waals surface area (Å²) >= 11 is 5.86. The van der Waals surface area contributed by atoms with Crippen LogP contribution in [0.5, 0.6) is 0 Å². The van der Waals surface area contributed by atoms with E-state index in [1.165, 1.54) is 22.4 Å². The first kappa shape index (κ1) is 26.6. The number of thiocarbonyl (C=S) groups is 1. The molecule has 39 heavy (non-hydrogen) atoms. The molecule has 0 radical (unpaired) electrons. The molecule has 2 N–H and O–H groups in total. The maximum Gasteiger partial charge on any atom is 0.226 e. The predicted molar refractivity (Wildman–Crippen MR) is 161 cm³/mol. The Balaban J connectivity index is 1.50. The Morgan fingerprint density at radius 3 is 2.46 bits per heavy atom. The fraction of sp³-hybridized carbons (Fsp3) is 0.281. The highest BCUT2D eigenvalue weighted by molar-refractivity contribution is 7.80. The number of carbonyl (C=O) groups excluding carboxylic acids is 1. The summed E-state index contributed by atoms with van der Waals surface area (Å²) in [5.41, 5.74) is 10.0. The van der Waals surface area contributed by atoms with Crippen molar-refractivity contribution in [3.63, 3.8) is 0 Å². The molecule has 0 spiro atoms. The Kier molecular flexibility index (Phi) is 7.53. The van der Waals surface area contributed by atoms with Gasteiger partial charge < -0.3 is 20.1 Å². The van der Waals surface area contributed by atoms with Gasteiger partial charge in [-0.1, -0.05) is 36.4 Å². The topological polar surface area (TPSA) is 62.2 Å². The van der Waals surface area contributed by atoms with Crippen LogP contribution < -0.4 is 10.6 Å². The Labute approximate surface area is 236 Å². The minimum absolute atomic E-state index is 0.0343. The van der Waals surface area contributed by atoms with E-state index in [2.05, 4.69) is 77.0 Å². The van der Waals surface area contributed by atoms with Gasteiger partial charge >= 0.3 is 0 Å². The second-order valence-corrected chi connectivity index (χ2v) is 10.7. The van der Waals surface area contributed by atoms with Gasteiger partial charge in [-0.2, -0.15) is 0 Å². The van der Waals surface area contributed by atoms with Gasteiger partial charge in [0.05, 0.1) is 17.8 Å². The number of hydrogen-bond acceptors (Lipinski definition) is 3. The highest BCUT2D eigenvalue weighted by Gasteiger charge is 2.41. The van der Waals surface area contributed by atoms with Gasteiger partial charge in [0.15, 0.2) is 5.11 Å². The minimum atomic E-state index is -0.134. The summed E-state index contributed by atoms with van der Waals surface area (Å²) in [6.45, 7) is 11.1. The molecule has 1 aliphatic rings. The Morgan fingerprint density at radius 2 is 1.72 bits per heavy atom. The van der Waals surface area contributed by atoms with Crippen LogP contribution in [0, 0.1) is 34.6 Å². The molecule has 0 aliphatic carbocycles. The summed E-state index contributed by atoms with van der Waals surface area (Å²) in [6, 6.07) is 22.2. The summed E-state index contributed by atoms with van der Waals surface area (Å²) in [5.74, 6) is -0.0343. The van der Waals surface area contributed by atoms with Crippen molar-refractivity contribution in [1.82, 2.24) is 19.8 Å². The lowest BCUT2D eigenvalue weighted by Crippen LogP contribution is -2.33. The molecule has 0 unspecified atom stereocenters. The molecule has 2 atom stereocenters. The zero-order chi connectivity index (χ0) is 27.7. The molecule has 7 heteroatoms. The molecule has 5 rings (SSSR count). The van der Waals surface area contributed by atoms with Crippen molar-refractivity contribution in [3.8, 4) is 5.69 Å². The first-order chi connectivity index (χ1) is 18.8. The van der Waals surface area contributed by atoms with Crippen molar-refractivity contribution in [3.05, 3.63) is 112 Å². The molecule has 1 fully saturated rings. The molecule has 6 nitrogen and oxygen atoms in total. The number of amides is 1. The monoisotopic (exact) mass is 537 g/mol. The van der Waals surface area contributed by atoms with Crippen molar-refractivity contribution in [2.24, 2.45) is 0 Å². The highest BCUT2D eigenvalue weighted by atomic mass is 32.1. The number of anilines is 1. The number of carbonyl (C=O) groups is 1. The van der Waals surface area contributed by atoms with E-state index < -0.39 is 0 Å². The van der Waals surface area contributed by atoms with E-state index in [0.29, 0.717) is 18.1 Å². The van der Waals surface area contributed by atoms with Gasteiger partial charge in [0.1, 0.15) is 0 Å². The van der Waals surface area contributed by atoms with E-state index in [9.17, 15) is 4.79 Å².